The lowest BCUT2D eigenvalue weighted by Gasteiger charge is -2.25. The Morgan fingerprint density at radius 3 is 2.53 bits per heavy atom. The number of carboxylic acids is 1. The van der Waals surface area contributed by atoms with E-state index < -0.39 is 17.7 Å². The number of carbonyl (C=O) groups is 2. The van der Waals surface area contributed by atoms with Crippen LogP contribution in [-0.2, 0) is 4.79 Å². The number of rotatable bonds is 5. The molecule has 1 atom stereocenters. The molecule has 0 aliphatic carbocycles. The minimum atomic E-state index is -1.11. The topological polar surface area (TPSA) is 84.9 Å². The number of ether oxygens (including phenoxy) is 2. The van der Waals surface area contributed by atoms with Crippen LogP contribution in [0.4, 0.5) is 10.1 Å². The largest absolute Gasteiger partial charge is 0.493 e. The summed E-state index contributed by atoms with van der Waals surface area (Å²) in [6.07, 6.45) is 0.138. The van der Waals surface area contributed by atoms with E-state index in [0.717, 1.165) is 16.9 Å². The van der Waals surface area contributed by atoms with Crippen molar-refractivity contribution < 1.29 is 28.6 Å². The highest BCUT2D eigenvalue weighted by atomic mass is 32.1. The van der Waals surface area contributed by atoms with Crippen LogP contribution < -0.4 is 14.8 Å². The van der Waals surface area contributed by atoms with Gasteiger partial charge in [0.25, 0.3) is 0 Å². The maximum atomic E-state index is 13.4. The van der Waals surface area contributed by atoms with Gasteiger partial charge in [0, 0.05) is 28.3 Å². The maximum Gasteiger partial charge on any atom is 0.346 e. The van der Waals surface area contributed by atoms with Crippen molar-refractivity contribution in [2.45, 2.75) is 12.3 Å². The highest BCUT2D eigenvalue weighted by molar-refractivity contribution is 7.15. The number of para-hydroxylation sites is 1. The summed E-state index contributed by atoms with van der Waals surface area (Å²) in [6, 6.07) is 10.9. The highest BCUT2D eigenvalue weighted by Crippen LogP contribution is 2.51. The number of fused-ring (bicyclic) bond motifs is 1. The summed E-state index contributed by atoms with van der Waals surface area (Å²) in [5.41, 5.74) is 2.07. The molecule has 0 bridgehead atoms. The number of thiophene rings is 1. The lowest BCUT2D eigenvalue weighted by molar-refractivity contribution is -0.116. The first-order valence-electron chi connectivity index (χ1n) is 9.11. The zero-order valence-corrected chi connectivity index (χ0v) is 17.0. The molecule has 30 heavy (non-hydrogen) atoms. The van der Waals surface area contributed by atoms with Crippen molar-refractivity contribution in [2.75, 3.05) is 19.5 Å². The molecule has 0 fully saturated rings. The van der Waals surface area contributed by atoms with Gasteiger partial charge in [0.1, 0.15) is 10.7 Å². The Bertz CT molecular complexity index is 1140. The Morgan fingerprint density at radius 1 is 1.17 bits per heavy atom. The minimum Gasteiger partial charge on any atom is -0.493 e. The smallest absolute Gasteiger partial charge is 0.346 e. The standard InChI is InChI=1S/C22H18FNO5S/c1-28-15-5-3-4-13(19(15)29-2)14-10-16(25)24-18-17(11-6-8-12(23)9-7-11)21(22(26)27)30-20(14)18/h3-9,14H,10H2,1-2H3,(H,24,25)(H,26,27)/t14-/m1/s1. The lowest BCUT2D eigenvalue weighted by atomic mass is 9.88. The van der Waals surface area contributed by atoms with Crippen LogP contribution in [0, 0.1) is 5.82 Å². The van der Waals surface area contributed by atoms with Gasteiger partial charge in [0.05, 0.1) is 19.9 Å². The molecule has 3 aromatic rings. The van der Waals surface area contributed by atoms with E-state index in [2.05, 4.69) is 5.32 Å². The van der Waals surface area contributed by atoms with Crippen LogP contribution in [0.5, 0.6) is 11.5 Å². The molecule has 0 saturated carbocycles. The van der Waals surface area contributed by atoms with Gasteiger partial charge in [0.15, 0.2) is 11.5 Å². The summed E-state index contributed by atoms with van der Waals surface area (Å²) < 4.78 is 24.3. The number of hydrogen-bond donors (Lipinski definition) is 2. The third-order valence-corrected chi connectivity index (χ3v) is 6.33. The van der Waals surface area contributed by atoms with Crippen molar-refractivity contribution in [3.8, 4) is 22.6 Å². The van der Waals surface area contributed by atoms with E-state index in [1.165, 1.54) is 38.5 Å². The quantitative estimate of drug-likeness (QED) is 0.614. The minimum absolute atomic E-state index is 0.0840. The Hall–Kier alpha value is -3.39. The summed E-state index contributed by atoms with van der Waals surface area (Å²) >= 11 is 1.10. The van der Waals surface area contributed by atoms with Crippen LogP contribution >= 0.6 is 11.3 Å². The molecule has 0 saturated heterocycles. The molecule has 2 heterocycles. The fourth-order valence-electron chi connectivity index (χ4n) is 3.77. The number of amides is 1. The summed E-state index contributed by atoms with van der Waals surface area (Å²) in [7, 11) is 3.05. The van der Waals surface area contributed by atoms with Gasteiger partial charge in [-0.25, -0.2) is 9.18 Å². The predicted octanol–water partition coefficient (Wildman–Crippen LogP) is 4.74. The monoisotopic (exact) mass is 427 g/mol. The number of methoxy groups -OCH3 is 2. The molecule has 2 aromatic carbocycles. The van der Waals surface area contributed by atoms with Gasteiger partial charge in [-0.1, -0.05) is 24.3 Å². The SMILES string of the molecule is COc1cccc([C@H]2CC(=O)Nc3c2sc(C(=O)O)c3-c2ccc(F)cc2)c1OC. The third-order valence-electron chi connectivity index (χ3n) is 5.04. The summed E-state index contributed by atoms with van der Waals surface area (Å²) in [5.74, 6) is -1.16. The van der Waals surface area contributed by atoms with Crippen LogP contribution in [0.3, 0.4) is 0 Å². The summed E-state index contributed by atoms with van der Waals surface area (Å²) in [6.45, 7) is 0. The number of nitrogens with one attached hydrogen (secondary N) is 1. The van der Waals surface area contributed by atoms with Crippen molar-refractivity contribution in [1.82, 2.24) is 0 Å². The molecule has 154 valence electrons. The number of aromatic carboxylic acids is 1. The Morgan fingerprint density at radius 2 is 1.90 bits per heavy atom. The molecule has 0 unspecified atom stereocenters. The normalized spacial score (nSPS) is 15.3. The molecule has 0 radical (unpaired) electrons. The van der Waals surface area contributed by atoms with Crippen LogP contribution in [-0.4, -0.2) is 31.2 Å². The average Bonchev–Trinajstić information content (AvgIpc) is 3.12. The van der Waals surface area contributed by atoms with E-state index in [1.54, 1.807) is 12.1 Å². The molecular formula is C22H18FNO5S. The van der Waals surface area contributed by atoms with Crippen molar-refractivity contribution in [1.29, 1.82) is 0 Å². The number of anilines is 1. The van der Waals surface area contributed by atoms with Gasteiger partial charge in [0.2, 0.25) is 5.91 Å². The van der Waals surface area contributed by atoms with E-state index in [9.17, 15) is 19.1 Å². The van der Waals surface area contributed by atoms with Gasteiger partial charge in [-0.3, -0.25) is 4.79 Å². The molecule has 1 aliphatic heterocycles. The molecule has 0 spiro atoms. The molecule has 4 rings (SSSR count). The molecule has 8 heteroatoms. The second-order valence-electron chi connectivity index (χ2n) is 6.75. The van der Waals surface area contributed by atoms with Crippen LogP contribution in [0.1, 0.15) is 32.5 Å². The Labute approximate surface area is 175 Å². The zero-order chi connectivity index (χ0) is 21.4. The molecule has 2 N–H and O–H groups in total. The van der Waals surface area contributed by atoms with Gasteiger partial charge in [-0.15, -0.1) is 11.3 Å². The van der Waals surface area contributed by atoms with Gasteiger partial charge >= 0.3 is 5.97 Å². The van der Waals surface area contributed by atoms with Crippen LogP contribution in [0.15, 0.2) is 42.5 Å². The van der Waals surface area contributed by atoms with E-state index in [-0.39, 0.29) is 17.2 Å². The van der Waals surface area contributed by atoms with Crippen molar-refractivity contribution in [3.63, 3.8) is 0 Å². The summed E-state index contributed by atoms with van der Waals surface area (Å²) in [4.78, 5) is 25.4. The number of carbonyl (C=O) groups excluding carboxylic acids is 1. The number of halogens is 1. The second-order valence-corrected chi connectivity index (χ2v) is 7.80. The molecule has 6 nitrogen and oxygen atoms in total. The van der Waals surface area contributed by atoms with Gasteiger partial charge in [-0.2, -0.15) is 0 Å². The maximum absolute atomic E-state index is 13.4. The lowest BCUT2D eigenvalue weighted by Crippen LogP contribution is -2.22. The molecule has 1 aromatic heterocycles. The van der Waals surface area contributed by atoms with Crippen molar-refractivity contribution in [3.05, 3.63) is 63.6 Å². The van der Waals surface area contributed by atoms with E-state index in [0.29, 0.717) is 33.2 Å². The Kier molecular flexibility index (Phi) is 5.17. The fraction of sp³-hybridized carbons (Fsp3) is 0.182. The number of benzene rings is 2. The first kappa shape index (κ1) is 19.9. The second kappa shape index (κ2) is 7.79. The van der Waals surface area contributed by atoms with Crippen molar-refractivity contribution >= 4 is 28.9 Å². The zero-order valence-electron chi connectivity index (χ0n) is 16.2. The van der Waals surface area contributed by atoms with Gasteiger partial charge < -0.3 is 19.9 Å². The first-order chi connectivity index (χ1) is 14.4. The van der Waals surface area contributed by atoms with E-state index in [1.807, 2.05) is 6.07 Å². The average molecular weight is 427 g/mol. The predicted molar refractivity (Wildman–Crippen MR) is 111 cm³/mol. The highest BCUT2D eigenvalue weighted by Gasteiger charge is 2.36. The molecule has 1 amide bonds. The van der Waals surface area contributed by atoms with Gasteiger partial charge in [-0.05, 0) is 23.8 Å². The van der Waals surface area contributed by atoms with Crippen molar-refractivity contribution in [2.24, 2.45) is 0 Å². The Balaban J connectivity index is 1.95. The van der Waals surface area contributed by atoms with Crippen LogP contribution in [0.2, 0.25) is 0 Å². The third kappa shape index (κ3) is 3.29. The molecular weight excluding hydrogens is 409 g/mol. The number of hydrogen-bond acceptors (Lipinski definition) is 5. The molecule has 1 aliphatic rings. The number of carboxylic acid groups (broad SMARTS) is 1. The van der Waals surface area contributed by atoms with Crippen LogP contribution in [0.25, 0.3) is 11.1 Å². The summed E-state index contributed by atoms with van der Waals surface area (Å²) in [5, 5.41) is 12.6. The fourth-order valence-corrected chi connectivity index (χ4v) is 5.00. The van der Waals surface area contributed by atoms with E-state index in [4.69, 9.17) is 9.47 Å². The van der Waals surface area contributed by atoms with E-state index >= 15 is 0 Å². The first-order valence-corrected chi connectivity index (χ1v) is 9.92.